The van der Waals surface area contributed by atoms with Crippen LogP contribution in [-0.4, -0.2) is 42.1 Å². The van der Waals surface area contributed by atoms with Crippen LogP contribution in [0.5, 0.6) is 0 Å². The highest BCUT2D eigenvalue weighted by Gasteiger charge is 2.30. The molecule has 0 spiro atoms. The van der Waals surface area contributed by atoms with Gasteiger partial charge in [-0.25, -0.2) is 0 Å². The van der Waals surface area contributed by atoms with Crippen molar-refractivity contribution >= 4 is 16.8 Å². The Kier molecular flexibility index (Phi) is 5.91. The Morgan fingerprint density at radius 3 is 2.69 bits per heavy atom. The molecular formula is C25H28N2O2. The number of ether oxygens (including phenoxy) is 1. The lowest BCUT2D eigenvalue weighted by molar-refractivity contribution is -0.136. The topological polar surface area (TPSA) is 42.4 Å². The number of fused-ring (bicyclic) bond motifs is 1. The number of benzene rings is 2. The average molecular weight is 389 g/mol. The Morgan fingerprint density at radius 2 is 1.93 bits per heavy atom. The Hall–Kier alpha value is -2.72. The molecule has 4 rings (SSSR count). The zero-order valence-electron chi connectivity index (χ0n) is 17.2. The number of nitrogens with zero attached hydrogens (tertiary/aromatic N) is 2. The first kappa shape index (κ1) is 19.6. The van der Waals surface area contributed by atoms with Gasteiger partial charge in [-0.05, 0) is 42.0 Å². The summed E-state index contributed by atoms with van der Waals surface area (Å²) >= 11 is 0. The van der Waals surface area contributed by atoms with Crippen molar-refractivity contribution in [3.63, 3.8) is 0 Å². The molecule has 1 aromatic heterocycles. The van der Waals surface area contributed by atoms with E-state index in [1.54, 1.807) is 7.11 Å². The number of amides is 1. The van der Waals surface area contributed by atoms with Crippen molar-refractivity contribution in [1.82, 2.24) is 9.88 Å². The number of aromatic nitrogens is 1. The van der Waals surface area contributed by atoms with Crippen molar-refractivity contribution in [2.75, 3.05) is 20.2 Å². The number of methoxy groups -OCH3 is 1. The van der Waals surface area contributed by atoms with Crippen LogP contribution in [0.15, 0.2) is 60.8 Å². The number of carbonyl (C=O) groups is 1. The molecule has 0 unspecified atom stereocenters. The van der Waals surface area contributed by atoms with Gasteiger partial charge in [0.05, 0.1) is 11.6 Å². The molecule has 0 aliphatic carbocycles. The van der Waals surface area contributed by atoms with E-state index in [4.69, 9.17) is 4.74 Å². The Balaban J connectivity index is 1.45. The third-order valence-corrected chi connectivity index (χ3v) is 6.03. The van der Waals surface area contributed by atoms with Gasteiger partial charge in [0.2, 0.25) is 5.91 Å². The van der Waals surface area contributed by atoms with Crippen LogP contribution in [0.2, 0.25) is 0 Å². The Bertz CT molecular complexity index is 984. The minimum atomic E-state index is 0.101. The summed E-state index contributed by atoms with van der Waals surface area (Å²) in [7, 11) is 1.76. The lowest BCUT2D eigenvalue weighted by Crippen LogP contribution is -2.47. The molecule has 0 N–H and O–H groups in total. The van der Waals surface area contributed by atoms with Crippen molar-refractivity contribution in [2.45, 2.75) is 32.3 Å². The fourth-order valence-corrected chi connectivity index (χ4v) is 4.28. The smallest absolute Gasteiger partial charge is 0.222 e. The molecule has 1 aliphatic rings. The lowest BCUT2D eigenvalue weighted by atomic mass is 9.87. The second-order valence-corrected chi connectivity index (χ2v) is 7.83. The minimum Gasteiger partial charge on any atom is -0.379 e. The van der Waals surface area contributed by atoms with Crippen molar-refractivity contribution in [1.29, 1.82) is 0 Å². The maximum Gasteiger partial charge on any atom is 0.222 e. The summed E-state index contributed by atoms with van der Waals surface area (Å²) < 4.78 is 5.73. The van der Waals surface area contributed by atoms with Gasteiger partial charge in [-0.2, -0.15) is 0 Å². The molecule has 2 atom stereocenters. The SMILES string of the molecule is CCC(=O)N1CC[C@@H](Cc2ccc(-c3cnc4ccccc4c3)cc2)[C@H](OC)C1. The van der Waals surface area contributed by atoms with Gasteiger partial charge in [0.15, 0.2) is 0 Å². The summed E-state index contributed by atoms with van der Waals surface area (Å²) in [5.41, 5.74) is 4.64. The number of rotatable bonds is 5. The van der Waals surface area contributed by atoms with Gasteiger partial charge >= 0.3 is 0 Å². The first-order valence-electron chi connectivity index (χ1n) is 10.4. The summed E-state index contributed by atoms with van der Waals surface area (Å²) in [5.74, 6) is 0.660. The molecular weight excluding hydrogens is 360 g/mol. The van der Waals surface area contributed by atoms with E-state index in [9.17, 15) is 4.79 Å². The summed E-state index contributed by atoms with van der Waals surface area (Å²) in [6.07, 6.45) is 4.57. The molecule has 0 radical (unpaired) electrons. The number of para-hydroxylation sites is 1. The number of piperidine rings is 1. The van der Waals surface area contributed by atoms with Gasteiger partial charge in [0, 0.05) is 43.8 Å². The highest BCUT2D eigenvalue weighted by molar-refractivity contribution is 5.83. The average Bonchev–Trinajstić information content (AvgIpc) is 2.79. The van der Waals surface area contributed by atoms with E-state index < -0.39 is 0 Å². The van der Waals surface area contributed by atoms with Gasteiger partial charge in [0.1, 0.15) is 0 Å². The molecule has 4 nitrogen and oxygen atoms in total. The number of carbonyl (C=O) groups excluding carboxylic acids is 1. The fraction of sp³-hybridized carbons (Fsp3) is 0.360. The zero-order valence-corrected chi connectivity index (χ0v) is 17.2. The Morgan fingerprint density at radius 1 is 1.14 bits per heavy atom. The highest BCUT2D eigenvalue weighted by Crippen LogP contribution is 2.27. The van der Waals surface area contributed by atoms with E-state index in [-0.39, 0.29) is 12.0 Å². The van der Waals surface area contributed by atoms with E-state index in [0.717, 1.165) is 35.9 Å². The molecule has 150 valence electrons. The summed E-state index contributed by atoms with van der Waals surface area (Å²) in [5, 5.41) is 1.16. The molecule has 3 aromatic rings. The molecule has 2 aromatic carbocycles. The predicted molar refractivity (Wildman–Crippen MR) is 117 cm³/mol. The monoisotopic (exact) mass is 388 g/mol. The predicted octanol–water partition coefficient (Wildman–Crippen LogP) is 4.72. The maximum atomic E-state index is 12.0. The van der Waals surface area contributed by atoms with Gasteiger partial charge in [-0.1, -0.05) is 49.4 Å². The van der Waals surface area contributed by atoms with Crippen molar-refractivity contribution in [2.24, 2.45) is 5.92 Å². The number of pyridine rings is 1. The maximum absolute atomic E-state index is 12.0. The highest BCUT2D eigenvalue weighted by atomic mass is 16.5. The van der Waals surface area contributed by atoms with E-state index in [1.807, 2.05) is 36.2 Å². The quantitative estimate of drug-likeness (QED) is 0.635. The van der Waals surface area contributed by atoms with E-state index in [2.05, 4.69) is 41.4 Å². The number of likely N-dealkylation sites (tertiary alicyclic amines) is 1. The van der Waals surface area contributed by atoms with Crippen LogP contribution >= 0.6 is 0 Å². The van der Waals surface area contributed by atoms with E-state index in [0.29, 0.717) is 18.9 Å². The summed E-state index contributed by atoms with van der Waals surface area (Å²) in [4.78, 5) is 18.5. The Labute approximate surface area is 172 Å². The minimum absolute atomic E-state index is 0.101. The van der Waals surface area contributed by atoms with Crippen molar-refractivity contribution in [3.05, 3.63) is 66.4 Å². The summed E-state index contributed by atoms with van der Waals surface area (Å²) in [6, 6.07) is 19.2. The van der Waals surface area contributed by atoms with E-state index in [1.165, 1.54) is 11.1 Å². The van der Waals surface area contributed by atoms with Gasteiger partial charge in [0.25, 0.3) is 0 Å². The molecule has 29 heavy (non-hydrogen) atoms. The molecule has 2 heterocycles. The van der Waals surface area contributed by atoms with Crippen molar-refractivity contribution in [3.8, 4) is 11.1 Å². The third-order valence-electron chi connectivity index (χ3n) is 6.03. The van der Waals surface area contributed by atoms with Gasteiger partial charge in [-0.15, -0.1) is 0 Å². The van der Waals surface area contributed by atoms with E-state index >= 15 is 0 Å². The molecule has 0 saturated carbocycles. The third kappa shape index (κ3) is 4.33. The molecule has 4 heteroatoms. The molecule has 1 aliphatic heterocycles. The number of hydrogen-bond donors (Lipinski definition) is 0. The van der Waals surface area contributed by atoms with Crippen LogP contribution in [0.1, 0.15) is 25.3 Å². The van der Waals surface area contributed by atoms with Crippen LogP contribution in [-0.2, 0) is 16.0 Å². The fourth-order valence-electron chi connectivity index (χ4n) is 4.28. The van der Waals surface area contributed by atoms with Crippen LogP contribution in [0.25, 0.3) is 22.0 Å². The van der Waals surface area contributed by atoms with Crippen molar-refractivity contribution < 1.29 is 9.53 Å². The standard InChI is InChI=1S/C25H28N2O2/c1-3-25(28)27-13-12-21(24(17-27)29-2)14-18-8-10-19(11-9-18)22-15-20-6-4-5-7-23(20)26-16-22/h4-11,15-16,21,24H,3,12-14,17H2,1-2H3/t21-,24+/m0/s1. The van der Waals surface area contributed by atoms with Gasteiger partial charge in [-0.3, -0.25) is 9.78 Å². The summed E-state index contributed by atoms with van der Waals surface area (Å²) in [6.45, 7) is 3.45. The molecule has 0 bridgehead atoms. The molecule has 1 saturated heterocycles. The largest absolute Gasteiger partial charge is 0.379 e. The second kappa shape index (κ2) is 8.75. The van der Waals surface area contributed by atoms with Crippen LogP contribution < -0.4 is 0 Å². The first-order chi connectivity index (χ1) is 14.2. The molecule has 1 amide bonds. The first-order valence-corrected chi connectivity index (χ1v) is 10.4. The van der Waals surface area contributed by atoms with Crippen LogP contribution in [0.4, 0.5) is 0 Å². The lowest BCUT2D eigenvalue weighted by Gasteiger charge is -2.38. The number of hydrogen-bond acceptors (Lipinski definition) is 3. The van der Waals surface area contributed by atoms with Crippen LogP contribution in [0, 0.1) is 5.92 Å². The zero-order chi connectivity index (χ0) is 20.2. The van der Waals surface area contributed by atoms with Gasteiger partial charge < -0.3 is 9.64 Å². The van der Waals surface area contributed by atoms with Crippen LogP contribution in [0.3, 0.4) is 0 Å². The normalized spacial score (nSPS) is 19.4. The second-order valence-electron chi connectivity index (χ2n) is 7.83. The molecule has 1 fully saturated rings.